The average Bonchev–Trinajstić information content (AvgIpc) is 1.96. The molecule has 1 amide bonds. The van der Waals surface area contributed by atoms with Crippen LogP contribution in [-0.4, -0.2) is 30.3 Å². The van der Waals surface area contributed by atoms with E-state index in [1.807, 2.05) is 0 Å². The minimum atomic E-state index is -0.523. The van der Waals surface area contributed by atoms with E-state index in [0.717, 1.165) is 0 Å². The molecule has 5 heteroatoms. The maximum absolute atomic E-state index is 11.2. The molecule has 88 valence electrons. The number of carbonyl (C=O) groups is 2. The van der Waals surface area contributed by atoms with Gasteiger partial charge in [-0.25, -0.2) is 4.79 Å². The molecule has 0 saturated heterocycles. The zero-order valence-corrected chi connectivity index (χ0v) is 9.92. The van der Waals surface area contributed by atoms with Gasteiger partial charge in [-0.15, -0.1) is 0 Å². The Morgan fingerprint density at radius 1 is 1.33 bits per heavy atom. The first kappa shape index (κ1) is 13.7. The molecule has 0 aromatic heterocycles. The van der Waals surface area contributed by atoms with E-state index in [1.54, 1.807) is 27.7 Å². The summed E-state index contributed by atoms with van der Waals surface area (Å²) in [4.78, 5) is 21.7. The van der Waals surface area contributed by atoms with Crippen molar-refractivity contribution in [3.63, 3.8) is 0 Å². The second-order valence-electron chi connectivity index (χ2n) is 4.35. The lowest BCUT2D eigenvalue weighted by Gasteiger charge is -2.21. The van der Waals surface area contributed by atoms with E-state index in [4.69, 9.17) is 9.47 Å². The molecule has 0 fully saturated rings. The lowest BCUT2D eigenvalue weighted by Crippen LogP contribution is -2.40. The Hall–Kier alpha value is -1.26. The average molecular weight is 217 g/mol. The Morgan fingerprint density at radius 3 is 2.27 bits per heavy atom. The molecule has 5 nitrogen and oxygen atoms in total. The summed E-state index contributed by atoms with van der Waals surface area (Å²) in [5.74, 6) is -0.368. The van der Waals surface area contributed by atoms with Crippen LogP contribution in [0, 0.1) is 0 Å². The van der Waals surface area contributed by atoms with Crippen molar-refractivity contribution in [3.05, 3.63) is 0 Å². The molecule has 0 aromatic rings. The van der Waals surface area contributed by atoms with Crippen LogP contribution < -0.4 is 5.32 Å². The lowest BCUT2D eigenvalue weighted by atomic mass is 10.2. The second kappa shape index (κ2) is 5.58. The highest BCUT2D eigenvalue weighted by Crippen LogP contribution is 2.06. The van der Waals surface area contributed by atoms with Crippen LogP contribution in [0.5, 0.6) is 0 Å². The van der Waals surface area contributed by atoms with Crippen LogP contribution in [0.15, 0.2) is 0 Å². The monoisotopic (exact) mass is 217 g/mol. The van der Waals surface area contributed by atoms with Gasteiger partial charge in [0.2, 0.25) is 0 Å². The van der Waals surface area contributed by atoms with Crippen LogP contribution >= 0.6 is 0 Å². The third kappa shape index (κ3) is 9.05. The Kier molecular flexibility index (Phi) is 5.11. The first-order valence-corrected chi connectivity index (χ1v) is 4.83. The summed E-state index contributed by atoms with van der Waals surface area (Å²) in [5, 5.41) is 2.55. The van der Waals surface area contributed by atoms with Crippen molar-refractivity contribution in [2.24, 2.45) is 0 Å². The number of nitrogens with one attached hydrogen (secondary N) is 1. The Bertz CT molecular complexity index is 232. The standard InChI is InChI=1S/C10H19NO4/c1-7(6-14-8(2)12)11-9(13)15-10(3,4)5/h7H,6H2,1-5H3,(H,11,13)/t7-/m0/s1. The van der Waals surface area contributed by atoms with Gasteiger partial charge in [0.25, 0.3) is 0 Å². The molecule has 0 bridgehead atoms. The SMILES string of the molecule is CC(=O)OC[C@H](C)NC(=O)OC(C)(C)C. The maximum Gasteiger partial charge on any atom is 0.407 e. The zero-order valence-electron chi connectivity index (χ0n) is 9.92. The van der Waals surface area contributed by atoms with Crippen molar-refractivity contribution in [1.29, 1.82) is 0 Å². The van der Waals surface area contributed by atoms with Gasteiger partial charge in [0.05, 0.1) is 6.04 Å². The lowest BCUT2D eigenvalue weighted by molar-refractivity contribution is -0.141. The highest BCUT2D eigenvalue weighted by atomic mass is 16.6. The molecule has 0 aliphatic carbocycles. The number of hydrogen-bond donors (Lipinski definition) is 1. The number of amides is 1. The van der Waals surface area contributed by atoms with Crippen LogP contribution in [0.1, 0.15) is 34.6 Å². The van der Waals surface area contributed by atoms with E-state index in [2.05, 4.69) is 5.32 Å². The van der Waals surface area contributed by atoms with E-state index in [1.165, 1.54) is 6.92 Å². The minimum Gasteiger partial charge on any atom is -0.464 e. The third-order valence-corrected chi connectivity index (χ3v) is 1.30. The van der Waals surface area contributed by atoms with Crippen molar-refractivity contribution in [1.82, 2.24) is 5.32 Å². The molecule has 15 heavy (non-hydrogen) atoms. The van der Waals surface area contributed by atoms with Gasteiger partial charge < -0.3 is 14.8 Å². The van der Waals surface area contributed by atoms with Gasteiger partial charge in [0, 0.05) is 6.92 Å². The molecular formula is C10H19NO4. The van der Waals surface area contributed by atoms with Crippen molar-refractivity contribution >= 4 is 12.1 Å². The molecule has 0 rings (SSSR count). The minimum absolute atomic E-state index is 0.147. The molecule has 0 aliphatic rings. The second-order valence-corrected chi connectivity index (χ2v) is 4.35. The summed E-state index contributed by atoms with van der Waals surface area (Å²) in [7, 11) is 0. The fourth-order valence-electron chi connectivity index (χ4n) is 0.793. The maximum atomic E-state index is 11.2. The molecule has 0 spiro atoms. The van der Waals surface area contributed by atoms with E-state index < -0.39 is 11.7 Å². The highest BCUT2D eigenvalue weighted by molar-refractivity contribution is 5.68. The van der Waals surface area contributed by atoms with Crippen LogP contribution in [0.4, 0.5) is 4.79 Å². The highest BCUT2D eigenvalue weighted by Gasteiger charge is 2.17. The van der Waals surface area contributed by atoms with Crippen molar-refractivity contribution < 1.29 is 19.1 Å². The summed E-state index contributed by atoms with van der Waals surface area (Å²) in [5.41, 5.74) is -0.523. The van der Waals surface area contributed by atoms with Gasteiger partial charge in [-0.2, -0.15) is 0 Å². The van der Waals surface area contributed by atoms with Crippen LogP contribution in [-0.2, 0) is 14.3 Å². The van der Waals surface area contributed by atoms with Gasteiger partial charge in [0.1, 0.15) is 12.2 Å². The Labute approximate surface area is 90.1 Å². The van der Waals surface area contributed by atoms with Crippen LogP contribution in [0.3, 0.4) is 0 Å². The van der Waals surface area contributed by atoms with Gasteiger partial charge in [-0.1, -0.05) is 0 Å². The number of ether oxygens (including phenoxy) is 2. The largest absolute Gasteiger partial charge is 0.464 e. The first-order valence-electron chi connectivity index (χ1n) is 4.83. The normalized spacial score (nSPS) is 12.9. The Balaban J connectivity index is 3.81. The summed E-state index contributed by atoms with van der Waals surface area (Å²) < 4.78 is 9.75. The predicted molar refractivity (Wildman–Crippen MR) is 55.5 cm³/mol. The number of rotatable bonds is 3. The van der Waals surface area contributed by atoms with E-state index in [9.17, 15) is 9.59 Å². The summed E-state index contributed by atoms with van der Waals surface area (Å²) in [6, 6.07) is -0.260. The quantitative estimate of drug-likeness (QED) is 0.727. The van der Waals surface area contributed by atoms with E-state index >= 15 is 0 Å². The summed E-state index contributed by atoms with van der Waals surface area (Å²) in [6.07, 6.45) is -0.512. The van der Waals surface area contributed by atoms with Crippen LogP contribution in [0.2, 0.25) is 0 Å². The van der Waals surface area contributed by atoms with Crippen LogP contribution in [0.25, 0.3) is 0 Å². The molecule has 0 aliphatic heterocycles. The van der Waals surface area contributed by atoms with E-state index in [-0.39, 0.29) is 18.6 Å². The molecule has 0 radical (unpaired) electrons. The van der Waals surface area contributed by atoms with Gasteiger partial charge >= 0.3 is 12.1 Å². The summed E-state index contributed by atoms with van der Waals surface area (Å²) >= 11 is 0. The molecule has 0 saturated carbocycles. The van der Waals surface area contributed by atoms with Crippen molar-refractivity contribution in [2.45, 2.75) is 46.3 Å². The third-order valence-electron chi connectivity index (χ3n) is 1.30. The molecular weight excluding hydrogens is 198 g/mol. The predicted octanol–water partition coefficient (Wildman–Crippen LogP) is 1.46. The topological polar surface area (TPSA) is 64.6 Å². The molecule has 0 unspecified atom stereocenters. The number of carbonyl (C=O) groups excluding carboxylic acids is 2. The van der Waals surface area contributed by atoms with Crippen molar-refractivity contribution in [2.75, 3.05) is 6.61 Å². The molecule has 0 heterocycles. The zero-order chi connectivity index (χ0) is 12.1. The molecule has 1 N–H and O–H groups in total. The fraction of sp³-hybridized carbons (Fsp3) is 0.800. The molecule has 0 aromatic carbocycles. The summed E-state index contributed by atoms with van der Waals surface area (Å²) in [6.45, 7) is 8.54. The first-order chi connectivity index (χ1) is 6.70. The number of hydrogen-bond acceptors (Lipinski definition) is 4. The van der Waals surface area contributed by atoms with Gasteiger partial charge in [-0.3, -0.25) is 4.79 Å². The number of alkyl carbamates (subject to hydrolysis) is 1. The van der Waals surface area contributed by atoms with E-state index in [0.29, 0.717) is 0 Å². The molecule has 1 atom stereocenters. The smallest absolute Gasteiger partial charge is 0.407 e. The Morgan fingerprint density at radius 2 is 1.87 bits per heavy atom. The van der Waals surface area contributed by atoms with Gasteiger partial charge in [-0.05, 0) is 27.7 Å². The number of esters is 1. The van der Waals surface area contributed by atoms with Crippen molar-refractivity contribution in [3.8, 4) is 0 Å². The van der Waals surface area contributed by atoms with Gasteiger partial charge in [0.15, 0.2) is 0 Å². The fourth-order valence-corrected chi connectivity index (χ4v) is 0.793.